The second-order valence-corrected chi connectivity index (χ2v) is 4.23. The summed E-state index contributed by atoms with van der Waals surface area (Å²) in [6, 6.07) is 0. The topological polar surface area (TPSA) is 50.9 Å². The van der Waals surface area contributed by atoms with Gasteiger partial charge in [-0.25, -0.2) is 0 Å². The zero-order valence-corrected chi connectivity index (χ0v) is 9.50. The van der Waals surface area contributed by atoms with E-state index in [0.717, 1.165) is 25.6 Å². The van der Waals surface area contributed by atoms with Gasteiger partial charge in [0.05, 0.1) is 0 Å². The lowest BCUT2D eigenvalue weighted by Crippen LogP contribution is -2.26. The lowest BCUT2D eigenvalue weighted by molar-refractivity contribution is 0.362. The van der Waals surface area contributed by atoms with Crippen molar-refractivity contribution in [3.8, 4) is 0 Å². The maximum atomic E-state index is 7.69. The lowest BCUT2D eigenvalue weighted by atomic mass is 10.0. The van der Waals surface area contributed by atoms with Crippen molar-refractivity contribution >= 4 is 11.9 Å². The molecule has 3 nitrogen and oxygen atoms in total. The zero-order valence-electron chi connectivity index (χ0n) is 9.50. The van der Waals surface area contributed by atoms with Gasteiger partial charge in [-0.1, -0.05) is 13.3 Å². The van der Waals surface area contributed by atoms with Crippen LogP contribution in [0.25, 0.3) is 0 Å². The summed E-state index contributed by atoms with van der Waals surface area (Å²) in [4.78, 5) is 2.34. The molecule has 0 aromatic rings. The molecule has 0 aliphatic carbocycles. The third-order valence-electron chi connectivity index (χ3n) is 2.85. The average Bonchev–Trinajstić information content (AvgIpc) is 2.63. The maximum Gasteiger partial charge on any atom is 0.0454 e. The first kappa shape index (κ1) is 12.1. The van der Waals surface area contributed by atoms with Crippen molar-refractivity contribution < 1.29 is 0 Å². The van der Waals surface area contributed by atoms with Crippen molar-refractivity contribution in [2.24, 2.45) is 5.92 Å². The van der Waals surface area contributed by atoms with Crippen LogP contribution >= 0.6 is 0 Å². The Kier molecular flexibility index (Phi) is 5.26. The predicted molar refractivity (Wildman–Crippen MR) is 65.1 cm³/mol. The summed E-state index contributed by atoms with van der Waals surface area (Å²) in [5.74, 6) is 0.842. The van der Waals surface area contributed by atoms with Gasteiger partial charge in [0, 0.05) is 25.0 Å². The second kappa shape index (κ2) is 6.51. The van der Waals surface area contributed by atoms with Crippen LogP contribution in [0.3, 0.4) is 0 Å². The zero-order chi connectivity index (χ0) is 11.1. The van der Waals surface area contributed by atoms with Crippen LogP contribution in [0.5, 0.6) is 0 Å². The molecule has 0 saturated carbocycles. The molecular formula is C12H21N3. The summed E-state index contributed by atoms with van der Waals surface area (Å²) in [5, 5.41) is 14.5. The van der Waals surface area contributed by atoms with Gasteiger partial charge >= 0.3 is 0 Å². The van der Waals surface area contributed by atoms with Crippen molar-refractivity contribution in [3.63, 3.8) is 0 Å². The molecule has 0 radical (unpaired) electrons. The quantitative estimate of drug-likeness (QED) is 0.645. The molecule has 0 spiro atoms. The summed E-state index contributed by atoms with van der Waals surface area (Å²) in [5.41, 5.74) is 0.607. The van der Waals surface area contributed by atoms with E-state index in [-0.39, 0.29) is 0 Å². The molecule has 2 N–H and O–H groups in total. The van der Waals surface area contributed by atoms with E-state index in [0.29, 0.717) is 5.71 Å². The van der Waals surface area contributed by atoms with Gasteiger partial charge in [-0.2, -0.15) is 0 Å². The van der Waals surface area contributed by atoms with Crippen LogP contribution in [-0.2, 0) is 0 Å². The van der Waals surface area contributed by atoms with Crippen LogP contribution in [0.4, 0.5) is 0 Å². The van der Waals surface area contributed by atoms with E-state index in [1.807, 2.05) is 0 Å². The van der Waals surface area contributed by atoms with Crippen LogP contribution in [0.1, 0.15) is 26.2 Å². The smallest absolute Gasteiger partial charge is 0.0454 e. The molecule has 1 saturated heterocycles. The van der Waals surface area contributed by atoms with Crippen LogP contribution < -0.4 is 0 Å². The highest BCUT2D eigenvalue weighted by atomic mass is 15.1. The number of nitrogens with zero attached hydrogens (tertiary/aromatic N) is 1. The Morgan fingerprint density at radius 1 is 1.53 bits per heavy atom. The van der Waals surface area contributed by atoms with E-state index in [2.05, 4.69) is 11.8 Å². The maximum absolute atomic E-state index is 7.69. The number of likely N-dealkylation sites (tertiary alicyclic amines) is 1. The van der Waals surface area contributed by atoms with Gasteiger partial charge < -0.3 is 10.8 Å². The number of rotatable bonds is 6. The van der Waals surface area contributed by atoms with Crippen LogP contribution in [0.15, 0.2) is 12.2 Å². The van der Waals surface area contributed by atoms with Gasteiger partial charge in [-0.15, -0.1) is 0 Å². The molecule has 0 amide bonds. The van der Waals surface area contributed by atoms with E-state index in [9.17, 15) is 0 Å². The van der Waals surface area contributed by atoms with Gasteiger partial charge in [0.2, 0.25) is 0 Å². The van der Waals surface area contributed by atoms with Crippen molar-refractivity contribution in [1.82, 2.24) is 4.90 Å². The molecule has 15 heavy (non-hydrogen) atoms. The summed E-state index contributed by atoms with van der Waals surface area (Å²) in [6.07, 6.45) is 8.42. The van der Waals surface area contributed by atoms with Crippen LogP contribution in [0, 0.1) is 16.7 Å². The Morgan fingerprint density at radius 2 is 2.33 bits per heavy atom. The Morgan fingerprint density at radius 3 is 3.00 bits per heavy atom. The van der Waals surface area contributed by atoms with Crippen molar-refractivity contribution in [3.05, 3.63) is 12.2 Å². The molecular weight excluding hydrogens is 186 g/mol. The van der Waals surface area contributed by atoms with E-state index in [1.165, 1.54) is 25.5 Å². The molecule has 0 bridgehead atoms. The molecule has 3 heteroatoms. The summed E-state index contributed by atoms with van der Waals surface area (Å²) >= 11 is 0. The molecule has 1 unspecified atom stereocenters. The van der Waals surface area contributed by atoms with E-state index in [1.54, 1.807) is 12.2 Å². The third-order valence-corrected chi connectivity index (χ3v) is 2.85. The minimum Gasteiger partial charge on any atom is -0.309 e. The molecule has 1 heterocycles. The normalized spacial score (nSPS) is 22.3. The van der Waals surface area contributed by atoms with E-state index >= 15 is 0 Å². The molecule has 0 aromatic heterocycles. The Balaban J connectivity index is 2.26. The third kappa shape index (κ3) is 4.38. The summed E-state index contributed by atoms with van der Waals surface area (Å²) in [6.45, 7) is 5.25. The minimum absolute atomic E-state index is 0.607. The SMILES string of the molecule is CCCC1CCN(CC(=N)/C=C\C=N)C1. The monoisotopic (exact) mass is 207 g/mol. The molecule has 1 rings (SSSR count). The van der Waals surface area contributed by atoms with Gasteiger partial charge in [0.15, 0.2) is 0 Å². The van der Waals surface area contributed by atoms with Gasteiger partial charge in [0.1, 0.15) is 0 Å². The molecule has 0 aromatic carbocycles. The molecule has 1 aliphatic rings. The predicted octanol–water partition coefficient (Wildman–Crippen LogP) is 2.33. The van der Waals surface area contributed by atoms with Crippen molar-refractivity contribution in [2.45, 2.75) is 26.2 Å². The molecule has 1 fully saturated rings. The number of hydrogen-bond donors (Lipinski definition) is 2. The molecule has 84 valence electrons. The van der Waals surface area contributed by atoms with E-state index < -0.39 is 0 Å². The van der Waals surface area contributed by atoms with Gasteiger partial charge in [-0.3, -0.25) is 4.90 Å². The Hall–Kier alpha value is -0.960. The van der Waals surface area contributed by atoms with Gasteiger partial charge in [0.25, 0.3) is 0 Å². The van der Waals surface area contributed by atoms with Gasteiger partial charge in [-0.05, 0) is 37.5 Å². The van der Waals surface area contributed by atoms with E-state index in [4.69, 9.17) is 10.8 Å². The standard InChI is InChI=1S/C12H21N3/c1-2-4-11-6-8-15(9-11)10-12(14)5-3-7-13/h3,5,7,11,13-14H,2,4,6,8-10H2,1H3/b5-3-,13-7?,14-12?. The van der Waals surface area contributed by atoms with Crippen molar-refractivity contribution in [2.75, 3.05) is 19.6 Å². The summed E-state index contributed by atoms with van der Waals surface area (Å²) < 4.78 is 0. The minimum atomic E-state index is 0.607. The molecule has 1 atom stereocenters. The highest BCUT2D eigenvalue weighted by Crippen LogP contribution is 2.20. The first-order chi connectivity index (χ1) is 7.26. The summed E-state index contributed by atoms with van der Waals surface area (Å²) in [7, 11) is 0. The largest absolute Gasteiger partial charge is 0.309 e. The van der Waals surface area contributed by atoms with Crippen LogP contribution in [-0.4, -0.2) is 36.5 Å². The Bertz CT molecular complexity index is 245. The van der Waals surface area contributed by atoms with Crippen molar-refractivity contribution in [1.29, 1.82) is 10.8 Å². The fourth-order valence-electron chi connectivity index (χ4n) is 2.16. The highest BCUT2D eigenvalue weighted by molar-refractivity contribution is 5.96. The average molecular weight is 207 g/mol. The number of nitrogens with one attached hydrogen (secondary N) is 2. The Labute approximate surface area is 92.2 Å². The number of allylic oxidation sites excluding steroid dienone is 1. The first-order valence-electron chi connectivity index (χ1n) is 5.73. The number of hydrogen-bond acceptors (Lipinski definition) is 3. The highest BCUT2D eigenvalue weighted by Gasteiger charge is 2.21. The lowest BCUT2D eigenvalue weighted by Gasteiger charge is -2.14. The van der Waals surface area contributed by atoms with Crippen LogP contribution in [0.2, 0.25) is 0 Å². The fraction of sp³-hybridized carbons (Fsp3) is 0.667. The molecule has 1 aliphatic heterocycles. The first-order valence-corrected chi connectivity index (χ1v) is 5.73. The fourth-order valence-corrected chi connectivity index (χ4v) is 2.16. The second-order valence-electron chi connectivity index (χ2n) is 4.23.